The summed E-state index contributed by atoms with van der Waals surface area (Å²) in [5, 5.41) is 10.8. The van der Waals surface area contributed by atoms with Crippen molar-refractivity contribution in [3.8, 4) is 0 Å². The zero-order chi connectivity index (χ0) is 23.1. The van der Waals surface area contributed by atoms with Crippen molar-refractivity contribution in [1.29, 1.82) is 0 Å². The summed E-state index contributed by atoms with van der Waals surface area (Å²) in [6.07, 6.45) is 17.1. The van der Waals surface area contributed by atoms with E-state index in [0.29, 0.717) is 27.9 Å². The van der Waals surface area contributed by atoms with Crippen LogP contribution in [-0.4, -0.2) is 22.3 Å². The third-order valence-electron chi connectivity index (χ3n) is 10.9. The van der Waals surface area contributed by atoms with Gasteiger partial charge in [-0.2, -0.15) is 0 Å². The topological polar surface area (TPSA) is 37.3 Å². The molecule has 0 bridgehead atoms. The Morgan fingerprint density at radius 2 is 1.91 bits per heavy atom. The van der Waals surface area contributed by atoms with Crippen LogP contribution >= 0.6 is 15.9 Å². The maximum atomic E-state index is 11.7. The van der Waals surface area contributed by atoms with Crippen molar-refractivity contribution in [2.24, 2.45) is 46.3 Å². The molecule has 32 heavy (non-hydrogen) atoms. The lowest BCUT2D eigenvalue weighted by atomic mass is 9.47. The average molecular weight is 508 g/mol. The van der Waals surface area contributed by atoms with Crippen molar-refractivity contribution >= 4 is 21.7 Å². The highest BCUT2D eigenvalue weighted by Crippen LogP contribution is 2.67. The molecule has 2 nitrogen and oxygen atoms in total. The fourth-order valence-corrected chi connectivity index (χ4v) is 9.38. The second-order valence-electron chi connectivity index (χ2n) is 12.8. The van der Waals surface area contributed by atoms with Crippen LogP contribution in [0.2, 0.25) is 0 Å². The number of aliphatic hydroxyl groups excluding tert-OH is 1. The molecule has 3 saturated carbocycles. The Bertz CT molecular complexity index is 716. The molecule has 0 aliphatic heterocycles. The Morgan fingerprint density at radius 1 is 1.12 bits per heavy atom. The van der Waals surface area contributed by atoms with E-state index in [2.05, 4.69) is 49.7 Å². The first kappa shape index (κ1) is 25.0. The van der Waals surface area contributed by atoms with Crippen LogP contribution < -0.4 is 0 Å². The van der Waals surface area contributed by atoms with Gasteiger partial charge in [0.25, 0.3) is 0 Å². The van der Waals surface area contributed by atoms with Gasteiger partial charge in [-0.3, -0.25) is 4.79 Å². The smallest absolute Gasteiger partial charge is 0.143 e. The number of rotatable bonds is 8. The molecule has 9 atom stereocenters. The summed E-state index contributed by atoms with van der Waals surface area (Å²) < 4.78 is 0. The van der Waals surface area contributed by atoms with Crippen LogP contribution in [0.5, 0.6) is 0 Å². The summed E-state index contributed by atoms with van der Waals surface area (Å²) in [6.45, 7) is 9.98. The number of carbonyl (C=O) groups excluding carboxylic acids is 1. The first-order valence-corrected chi connectivity index (χ1v) is 14.8. The quantitative estimate of drug-likeness (QED) is 0.270. The highest BCUT2D eigenvalue weighted by molar-refractivity contribution is 9.09. The normalized spacial score (nSPS) is 42.9. The van der Waals surface area contributed by atoms with E-state index in [1.807, 2.05) is 0 Å². The van der Waals surface area contributed by atoms with Crippen LogP contribution in [0.25, 0.3) is 0 Å². The number of hydrogen-bond donors (Lipinski definition) is 1. The standard InChI is InChI=1S/C29H47BrO2/c1-19(16-23(32)18-30)6-5-7-20(2)25-10-11-26-24-9-8-21-17-22(31)12-14-28(21,3)27(24)13-15-29(25,26)4/h8,19-20,22,24-27,31H,5-7,9-18H2,1-4H3/t19?,20-,22+,24+,25-,26+,27+,28+,29-/m1/s1. The van der Waals surface area contributed by atoms with Crippen molar-refractivity contribution in [2.45, 2.75) is 111 Å². The molecule has 182 valence electrons. The first-order valence-electron chi connectivity index (χ1n) is 13.6. The van der Waals surface area contributed by atoms with Gasteiger partial charge >= 0.3 is 0 Å². The summed E-state index contributed by atoms with van der Waals surface area (Å²) in [6, 6.07) is 0. The van der Waals surface area contributed by atoms with Crippen LogP contribution in [0.1, 0.15) is 105 Å². The summed E-state index contributed by atoms with van der Waals surface area (Å²) in [5.74, 6) is 5.15. The van der Waals surface area contributed by atoms with E-state index in [4.69, 9.17) is 0 Å². The minimum absolute atomic E-state index is 0.100. The van der Waals surface area contributed by atoms with Crippen LogP contribution in [0.15, 0.2) is 11.6 Å². The van der Waals surface area contributed by atoms with Crippen LogP contribution in [0, 0.1) is 46.3 Å². The van der Waals surface area contributed by atoms with Gasteiger partial charge in [-0.25, -0.2) is 0 Å². The number of Topliss-reactive ketones (excluding diaryl/α,β-unsaturated/α-hetero) is 1. The monoisotopic (exact) mass is 506 g/mol. The molecule has 0 saturated heterocycles. The van der Waals surface area contributed by atoms with Gasteiger partial charge in [0.2, 0.25) is 0 Å². The maximum Gasteiger partial charge on any atom is 0.143 e. The molecule has 3 fully saturated rings. The third kappa shape index (κ3) is 4.56. The number of aliphatic hydroxyl groups is 1. The van der Waals surface area contributed by atoms with Crippen molar-refractivity contribution in [3.05, 3.63) is 11.6 Å². The summed E-state index contributed by atoms with van der Waals surface area (Å²) in [4.78, 5) is 11.7. The van der Waals surface area contributed by atoms with E-state index in [0.717, 1.165) is 48.9 Å². The van der Waals surface area contributed by atoms with Crippen molar-refractivity contribution in [2.75, 3.05) is 5.33 Å². The number of hydrogen-bond acceptors (Lipinski definition) is 2. The second kappa shape index (κ2) is 9.84. The van der Waals surface area contributed by atoms with Crippen LogP contribution in [0.4, 0.5) is 0 Å². The number of halogens is 1. The SMILES string of the molecule is CC(CCC[C@@H](C)[C@H]1CC[C@H]2[C@@H]3CC=C4C[C@@H](O)CC[C@]4(C)[C@H]3CC[C@]12C)CC(=O)CBr. The second-order valence-corrected chi connectivity index (χ2v) is 13.3. The Hall–Kier alpha value is -0.150. The number of ketones is 1. The lowest BCUT2D eigenvalue weighted by molar-refractivity contribution is -0.117. The molecule has 1 unspecified atom stereocenters. The molecule has 0 aromatic rings. The Labute approximate surface area is 205 Å². The maximum absolute atomic E-state index is 11.7. The minimum Gasteiger partial charge on any atom is -0.393 e. The fraction of sp³-hybridized carbons (Fsp3) is 0.897. The predicted octanol–water partition coefficient (Wildman–Crippen LogP) is 7.72. The predicted molar refractivity (Wildman–Crippen MR) is 137 cm³/mol. The van der Waals surface area contributed by atoms with E-state index in [1.54, 1.807) is 5.57 Å². The third-order valence-corrected chi connectivity index (χ3v) is 11.5. The molecule has 0 amide bonds. The molecular weight excluding hydrogens is 460 g/mol. The molecule has 0 aromatic heterocycles. The van der Waals surface area contributed by atoms with Gasteiger partial charge in [0, 0.05) is 6.42 Å². The van der Waals surface area contributed by atoms with E-state index >= 15 is 0 Å². The zero-order valence-electron chi connectivity index (χ0n) is 21.0. The van der Waals surface area contributed by atoms with Gasteiger partial charge in [0.05, 0.1) is 11.4 Å². The van der Waals surface area contributed by atoms with Gasteiger partial charge in [-0.05, 0) is 97.7 Å². The summed E-state index contributed by atoms with van der Waals surface area (Å²) in [7, 11) is 0. The van der Waals surface area contributed by atoms with Crippen molar-refractivity contribution in [3.63, 3.8) is 0 Å². The molecule has 1 N–H and O–H groups in total. The minimum atomic E-state index is -0.100. The number of carbonyl (C=O) groups is 1. The van der Waals surface area contributed by atoms with E-state index in [1.165, 1.54) is 57.8 Å². The van der Waals surface area contributed by atoms with Gasteiger partial charge < -0.3 is 5.11 Å². The van der Waals surface area contributed by atoms with E-state index < -0.39 is 0 Å². The molecule has 3 heteroatoms. The molecule has 0 spiro atoms. The Morgan fingerprint density at radius 3 is 2.66 bits per heavy atom. The molecule has 0 radical (unpaired) electrons. The van der Waals surface area contributed by atoms with Crippen LogP contribution in [-0.2, 0) is 4.79 Å². The van der Waals surface area contributed by atoms with Gasteiger partial charge in [-0.15, -0.1) is 0 Å². The lowest BCUT2D eigenvalue weighted by Gasteiger charge is -2.58. The Kier molecular flexibility index (Phi) is 7.68. The van der Waals surface area contributed by atoms with E-state index in [9.17, 15) is 9.90 Å². The zero-order valence-corrected chi connectivity index (χ0v) is 22.6. The molecule has 4 aliphatic rings. The molecule has 0 aromatic carbocycles. The van der Waals surface area contributed by atoms with Crippen molar-refractivity contribution < 1.29 is 9.90 Å². The first-order chi connectivity index (χ1) is 15.2. The van der Waals surface area contributed by atoms with Gasteiger partial charge in [-0.1, -0.05) is 74.5 Å². The molecule has 4 aliphatic carbocycles. The van der Waals surface area contributed by atoms with E-state index in [-0.39, 0.29) is 6.10 Å². The number of alkyl halides is 1. The molecule has 0 heterocycles. The fourth-order valence-electron chi connectivity index (χ4n) is 9.15. The largest absolute Gasteiger partial charge is 0.393 e. The summed E-state index contributed by atoms with van der Waals surface area (Å²) >= 11 is 3.30. The molecule has 4 rings (SSSR count). The summed E-state index contributed by atoms with van der Waals surface area (Å²) in [5.41, 5.74) is 2.47. The van der Waals surface area contributed by atoms with Gasteiger partial charge in [0.15, 0.2) is 0 Å². The number of allylic oxidation sites excluding steroid dienone is 1. The highest BCUT2D eigenvalue weighted by atomic mass is 79.9. The van der Waals surface area contributed by atoms with Gasteiger partial charge in [0.1, 0.15) is 5.78 Å². The average Bonchev–Trinajstić information content (AvgIpc) is 3.11. The highest BCUT2D eigenvalue weighted by Gasteiger charge is 2.59. The number of fused-ring (bicyclic) bond motifs is 5. The lowest BCUT2D eigenvalue weighted by Crippen LogP contribution is -2.50. The van der Waals surface area contributed by atoms with Crippen molar-refractivity contribution in [1.82, 2.24) is 0 Å². The molecular formula is C29H47BrO2. The Balaban J connectivity index is 1.38. The van der Waals surface area contributed by atoms with Crippen LogP contribution in [0.3, 0.4) is 0 Å².